The maximum absolute atomic E-state index is 12.3. The minimum Gasteiger partial charge on any atom is -0.198 e. The van der Waals surface area contributed by atoms with Crippen LogP contribution < -0.4 is 4.72 Å². The lowest BCUT2D eigenvalue weighted by atomic mass is 9.96. The molecule has 1 aromatic carbocycles. The van der Waals surface area contributed by atoms with Gasteiger partial charge in [-0.1, -0.05) is 43.5 Å². The molecule has 1 fully saturated rings. The summed E-state index contributed by atoms with van der Waals surface area (Å²) in [6.45, 7) is 2.35. The molecular formula is C15H24N2O2S. The molecule has 2 rings (SSSR count). The molecule has 1 aliphatic rings. The molecule has 0 radical (unpaired) electrons. The summed E-state index contributed by atoms with van der Waals surface area (Å²) in [5.74, 6) is 0. The third-order valence-electron chi connectivity index (χ3n) is 4.17. The minimum atomic E-state index is -3.39. The highest BCUT2D eigenvalue weighted by molar-refractivity contribution is 7.87. The van der Waals surface area contributed by atoms with Crippen LogP contribution in [-0.2, 0) is 16.8 Å². The Morgan fingerprint density at radius 2 is 1.85 bits per heavy atom. The first kappa shape index (κ1) is 15.5. The van der Waals surface area contributed by atoms with Gasteiger partial charge in [-0.3, -0.25) is 0 Å². The van der Waals surface area contributed by atoms with Gasteiger partial charge in [0, 0.05) is 19.6 Å². The van der Waals surface area contributed by atoms with E-state index >= 15 is 0 Å². The van der Waals surface area contributed by atoms with Crippen molar-refractivity contribution in [2.24, 2.45) is 0 Å². The summed E-state index contributed by atoms with van der Waals surface area (Å²) < 4.78 is 28.9. The van der Waals surface area contributed by atoms with Crippen LogP contribution in [0.4, 0.5) is 0 Å². The van der Waals surface area contributed by atoms with Crippen molar-refractivity contribution in [1.82, 2.24) is 9.03 Å². The third kappa shape index (κ3) is 3.81. The summed E-state index contributed by atoms with van der Waals surface area (Å²) in [6.07, 6.45) is 5.43. The van der Waals surface area contributed by atoms with Crippen molar-refractivity contribution >= 4 is 10.2 Å². The SMILES string of the molecule is Cc1ccccc1CNS(=O)(=O)N(C)C1CCCCC1. The van der Waals surface area contributed by atoms with Gasteiger partial charge in [0.05, 0.1) is 0 Å². The van der Waals surface area contributed by atoms with Crippen LogP contribution in [-0.4, -0.2) is 25.8 Å². The fourth-order valence-electron chi connectivity index (χ4n) is 2.72. The summed E-state index contributed by atoms with van der Waals surface area (Å²) in [6, 6.07) is 7.99. The van der Waals surface area contributed by atoms with Crippen LogP contribution in [0.1, 0.15) is 43.2 Å². The van der Waals surface area contributed by atoms with Gasteiger partial charge < -0.3 is 0 Å². The van der Waals surface area contributed by atoms with Crippen LogP contribution in [0.5, 0.6) is 0 Å². The standard InChI is InChI=1S/C15H24N2O2S/c1-13-8-6-7-9-14(13)12-16-20(18,19)17(2)15-10-4-3-5-11-15/h6-9,15-16H,3-5,10-12H2,1-2H3. The van der Waals surface area contributed by atoms with E-state index in [0.717, 1.165) is 36.8 Å². The molecule has 1 saturated carbocycles. The van der Waals surface area contributed by atoms with E-state index in [9.17, 15) is 8.42 Å². The van der Waals surface area contributed by atoms with Crippen molar-refractivity contribution in [2.45, 2.75) is 51.6 Å². The summed E-state index contributed by atoms with van der Waals surface area (Å²) >= 11 is 0. The molecule has 0 spiro atoms. The predicted molar refractivity (Wildman–Crippen MR) is 81.6 cm³/mol. The largest absolute Gasteiger partial charge is 0.279 e. The fraction of sp³-hybridized carbons (Fsp3) is 0.600. The fourth-order valence-corrected chi connectivity index (χ4v) is 3.86. The van der Waals surface area contributed by atoms with Crippen LogP contribution in [0, 0.1) is 6.92 Å². The minimum absolute atomic E-state index is 0.151. The average Bonchev–Trinajstić information content (AvgIpc) is 2.46. The second-order valence-electron chi connectivity index (χ2n) is 5.56. The van der Waals surface area contributed by atoms with Crippen LogP contribution >= 0.6 is 0 Å². The zero-order valence-electron chi connectivity index (χ0n) is 12.3. The molecule has 5 heteroatoms. The molecule has 0 heterocycles. The topological polar surface area (TPSA) is 49.4 Å². The van der Waals surface area contributed by atoms with Crippen LogP contribution in [0.25, 0.3) is 0 Å². The highest BCUT2D eigenvalue weighted by Crippen LogP contribution is 2.23. The lowest BCUT2D eigenvalue weighted by Gasteiger charge is -2.30. The van der Waals surface area contributed by atoms with E-state index in [1.54, 1.807) is 7.05 Å². The van der Waals surface area contributed by atoms with Crippen molar-refractivity contribution in [1.29, 1.82) is 0 Å². The normalized spacial score (nSPS) is 17.6. The number of rotatable bonds is 5. The van der Waals surface area contributed by atoms with E-state index in [2.05, 4.69) is 4.72 Å². The van der Waals surface area contributed by atoms with Crippen molar-refractivity contribution in [3.05, 3.63) is 35.4 Å². The van der Waals surface area contributed by atoms with Gasteiger partial charge in [0.25, 0.3) is 10.2 Å². The molecule has 1 aromatic rings. The average molecular weight is 296 g/mol. The molecule has 0 saturated heterocycles. The summed E-state index contributed by atoms with van der Waals surface area (Å²) in [5, 5.41) is 0. The number of hydrogen-bond donors (Lipinski definition) is 1. The number of nitrogens with zero attached hydrogens (tertiary/aromatic N) is 1. The molecule has 0 unspecified atom stereocenters. The number of aryl methyl sites for hydroxylation is 1. The molecular weight excluding hydrogens is 272 g/mol. The summed E-state index contributed by atoms with van der Waals surface area (Å²) in [4.78, 5) is 0. The van der Waals surface area contributed by atoms with Gasteiger partial charge >= 0.3 is 0 Å². The monoisotopic (exact) mass is 296 g/mol. The Balaban J connectivity index is 1.98. The summed E-state index contributed by atoms with van der Waals surface area (Å²) in [7, 11) is -1.70. The van der Waals surface area contributed by atoms with E-state index < -0.39 is 10.2 Å². The Kier molecular flexibility index (Phi) is 5.18. The Hall–Kier alpha value is -0.910. The molecule has 0 amide bonds. The van der Waals surface area contributed by atoms with Crippen molar-refractivity contribution in [3.63, 3.8) is 0 Å². The maximum Gasteiger partial charge on any atom is 0.279 e. The van der Waals surface area contributed by atoms with E-state index in [4.69, 9.17) is 0 Å². The third-order valence-corrected chi connectivity index (χ3v) is 5.74. The van der Waals surface area contributed by atoms with E-state index in [1.165, 1.54) is 10.7 Å². The summed E-state index contributed by atoms with van der Waals surface area (Å²) in [5.41, 5.74) is 2.13. The highest BCUT2D eigenvalue weighted by Gasteiger charge is 2.27. The lowest BCUT2D eigenvalue weighted by molar-refractivity contribution is 0.283. The van der Waals surface area contributed by atoms with Gasteiger partial charge in [0.2, 0.25) is 0 Å². The van der Waals surface area contributed by atoms with Gasteiger partial charge in [0.15, 0.2) is 0 Å². The van der Waals surface area contributed by atoms with Crippen molar-refractivity contribution in [3.8, 4) is 0 Å². The van der Waals surface area contributed by atoms with E-state index in [1.807, 2.05) is 31.2 Å². The van der Waals surface area contributed by atoms with E-state index in [-0.39, 0.29) is 6.04 Å². The van der Waals surface area contributed by atoms with Crippen molar-refractivity contribution < 1.29 is 8.42 Å². The highest BCUT2D eigenvalue weighted by atomic mass is 32.2. The van der Waals surface area contributed by atoms with Crippen LogP contribution in [0.3, 0.4) is 0 Å². The first-order valence-electron chi connectivity index (χ1n) is 7.28. The van der Waals surface area contributed by atoms with Gasteiger partial charge in [-0.15, -0.1) is 0 Å². The van der Waals surface area contributed by atoms with Gasteiger partial charge in [-0.05, 0) is 30.9 Å². The first-order valence-corrected chi connectivity index (χ1v) is 8.72. The molecule has 1 N–H and O–H groups in total. The van der Waals surface area contributed by atoms with E-state index in [0.29, 0.717) is 6.54 Å². The lowest BCUT2D eigenvalue weighted by Crippen LogP contribution is -2.44. The van der Waals surface area contributed by atoms with Crippen molar-refractivity contribution in [2.75, 3.05) is 7.05 Å². The van der Waals surface area contributed by atoms with Gasteiger partial charge in [-0.2, -0.15) is 17.4 Å². The quantitative estimate of drug-likeness (QED) is 0.908. The smallest absolute Gasteiger partial charge is 0.198 e. The van der Waals surface area contributed by atoms with Crippen LogP contribution in [0.2, 0.25) is 0 Å². The second-order valence-corrected chi connectivity index (χ2v) is 7.38. The maximum atomic E-state index is 12.3. The second kappa shape index (κ2) is 6.70. The molecule has 4 nitrogen and oxygen atoms in total. The molecule has 0 bridgehead atoms. The number of hydrogen-bond acceptors (Lipinski definition) is 2. The Morgan fingerprint density at radius 1 is 1.20 bits per heavy atom. The molecule has 0 atom stereocenters. The van der Waals surface area contributed by atoms with Gasteiger partial charge in [-0.25, -0.2) is 0 Å². The van der Waals surface area contributed by atoms with Gasteiger partial charge in [0.1, 0.15) is 0 Å². The zero-order chi connectivity index (χ0) is 14.6. The predicted octanol–water partition coefficient (Wildman–Crippen LogP) is 2.59. The molecule has 20 heavy (non-hydrogen) atoms. The number of benzene rings is 1. The molecule has 112 valence electrons. The van der Waals surface area contributed by atoms with Crippen LogP contribution in [0.15, 0.2) is 24.3 Å². The Labute approximate surface area is 122 Å². The number of nitrogens with one attached hydrogen (secondary N) is 1. The zero-order valence-corrected chi connectivity index (χ0v) is 13.1. The first-order chi connectivity index (χ1) is 9.50. The molecule has 1 aliphatic carbocycles. The molecule has 0 aliphatic heterocycles. The Morgan fingerprint density at radius 3 is 2.50 bits per heavy atom. The Bertz CT molecular complexity index is 537. The molecule has 0 aromatic heterocycles.